The first-order valence-corrected chi connectivity index (χ1v) is 10.5. The van der Waals surface area contributed by atoms with Gasteiger partial charge < -0.3 is 10.2 Å². The van der Waals surface area contributed by atoms with E-state index >= 15 is 0 Å². The predicted octanol–water partition coefficient (Wildman–Crippen LogP) is 1.11. The summed E-state index contributed by atoms with van der Waals surface area (Å²) in [6, 6.07) is 2.41. The first-order chi connectivity index (χ1) is 13.2. The van der Waals surface area contributed by atoms with Gasteiger partial charge in [-0.25, -0.2) is 0 Å². The molecule has 7 nitrogen and oxygen atoms in total. The molecule has 2 amide bonds. The van der Waals surface area contributed by atoms with Crippen molar-refractivity contribution in [2.45, 2.75) is 51.1 Å². The van der Waals surface area contributed by atoms with Crippen molar-refractivity contribution < 1.29 is 9.59 Å². The van der Waals surface area contributed by atoms with Gasteiger partial charge in [0, 0.05) is 50.5 Å². The van der Waals surface area contributed by atoms with Crippen molar-refractivity contribution in [3.8, 4) is 0 Å². The predicted molar refractivity (Wildman–Crippen MR) is 102 cm³/mol. The van der Waals surface area contributed by atoms with Gasteiger partial charge in [0.1, 0.15) is 0 Å². The quantitative estimate of drug-likeness (QED) is 0.811. The largest absolute Gasteiger partial charge is 0.354 e. The normalized spacial score (nSPS) is 24.7. The molecule has 27 heavy (non-hydrogen) atoms. The Morgan fingerprint density at radius 3 is 2.56 bits per heavy atom. The fraction of sp³-hybridized carbons (Fsp3) is 0.750. The Labute approximate surface area is 161 Å². The minimum atomic E-state index is 0.0856. The molecule has 0 spiro atoms. The number of carbonyl (C=O) groups excluding carboxylic acids is 2. The molecule has 0 bridgehead atoms. The Balaban J connectivity index is 1.20. The fourth-order valence-electron chi connectivity index (χ4n) is 4.46. The van der Waals surface area contributed by atoms with E-state index in [2.05, 4.69) is 20.2 Å². The zero-order valence-corrected chi connectivity index (χ0v) is 16.1. The van der Waals surface area contributed by atoms with Crippen LogP contribution in [0.4, 0.5) is 0 Å². The van der Waals surface area contributed by atoms with Crippen LogP contribution in [0, 0.1) is 11.8 Å². The van der Waals surface area contributed by atoms with E-state index < -0.39 is 0 Å². The highest BCUT2D eigenvalue weighted by Gasteiger charge is 2.37. The van der Waals surface area contributed by atoms with E-state index in [0.29, 0.717) is 31.0 Å². The number of nitrogens with zero attached hydrogens (tertiary/aromatic N) is 4. The van der Waals surface area contributed by atoms with Crippen molar-refractivity contribution in [1.82, 2.24) is 24.9 Å². The van der Waals surface area contributed by atoms with E-state index in [0.717, 1.165) is 64.7 Å². The second-order valence-corrected chi connectivity index (χ2v) is 8.22. The Morgan fingerprint density at radius 1 is 1.04 bits per heavy atom. The fourth-order valence-corrected chi connectivity index (χ4v) is 4.46. The number of rotatable bonds is 6. The number of hydrogen-bond acceptors (Lipinski definition) is 4. The Hall–Kier alpha value is -1.89. The average molecular weight is 374 g/mol. The van der Waals surface area contributed by atoms with Gasteiger partial charge in [0.15, 0.2) is 0 Å². The van der Waals surface area contributed by atoms with Crippen LogP contribution in [-0.2, 0) is 16.1 Å². The van der Waals surface area contributed by atoms with Gasteiger partial charge in [-0.2, -0.15) is 5.10 Å². The molecule has 3 heterocycles. The lowest BCUT2D eigenvalue weighted by Crippen LogP contribution is -2.51. The molecule has 1 aromatic heterocycles. The monoisotopic (exact) mass is 373 g/mol. The molecule has 1 atom stereocenters. The first kappa shape index (κ1) is 18.5. The number of carbonyl (C=O) groups is 2. The maximum Gasteiger partial charge on any atom is 0.225 e. The Bertz CT molecular complexity index is 635. The maximum absolute atomic E-state index is 12.6. The lowest BCUT2D eigenvalue weighted by Gasteiger charge is -2.42. The highest BCUT2D eigenvalue weighted by atomic mass is 16.2. The zero-order valence-electron chi connectivity index (χ0n) is 16.1. The number of hydrogen-bond donors (Lipinski definition) is 1. The van der Waals surface area contributed by atoms with Gasteiger partial charge in [0.2, 0.25) is 11.8 Å². The third-order valence-electron chi connectivity index (χ3n) is 6.24. The molecule has 1 saturated carbocycles. The van der Waals surface area contributed by atoms with Crippen molar-refractivity contribution in [3.63, 3.8) is 0 Å². The summed E-state index contributed by atoms with van der Waals surface area (Å²) < 4.78 is 1.84. The lowest BCUT2D eigenvalue weighted by molar-refractivity contribution is -0.134. The second-order valence-electron chi connectivity index (χ2n) is 8.22. The molecule has 2 saturated heterocycles. The molecular formula is C20H31N5O2. The SMILES string of the molecule is O=C(NCCn1cccn1)[C@H]1CCCN(C2CCN(C(=O)C3CC3)CC2)C1. The zero-order chi connectivity index (χ0) is 18.6. The number of nitrogens with one attached hydrogen (secondary N) is 1. The molecule has 1 N–H and O–H groups in total. The van der Waals surface area contributed by atoms with Crippen molar-refractivity contribution in [2.75, 3.05) is 32.7 Å². The van der Waals surface area contributed by atoms with Crippen LogP contribution in [0.25, 0.3) is 0 Å². The van der Waals surface area contributed by atoms with E-state index in [1.54, 1.807) is 6.20 Å². The van der Waals surface area contributed by atoms with Gasteiger partial charge in [0.25, 0.3) is 0 Å². The molecule has 2 aliphatic heterocycles. The van der Waals surface area contributed by atoms with Gasteiger partial charge in [0.05, 0.1) is 12.5 Å². The van der Waals surface area contributed by atoms with Crippen LogP contribution in [0.5, 0.6) is 0 Å². The van der Waals surface area contributed by atoms with Crippen LogP contribution < -0.4 is 5.32 Å². The summed E-state index contributed by atoms with van der Waals surface area (Å²) >= 11 is 0. The maximum atomic E-state index is 12.6. The molecule has 1 aromatic rings. The van der Waals surface area contributed by atoms with Crippen LogP contribution in [0.2, 0.25) is 0 Å². The van der Waals surface area contributed by atoms with Crippen molar-refractivity contribution in [1.29, 1.82) is 0 Å². The van der Waals surface area contributed by atoms with Gasteiger partial charge in [-0.1, -0.05) is 0 Å². The van der Waals surface area contributed by atoms with E-state index in [9.17, 15) is 9.59 Å². The van der Waals surface area contributed by atoms with Crippen LogP contribution in [0.3, 0.4) is 0 Å². The summed E-state index contributed by atoms with van der Waals surface area (Å²) in [5.41, 5.74) is 0. The molecular weight excluding hydrogens is 342 g/mol. The first-order valence-electron chi connectivity index (χ1n) is 10.5. The van der Waals surface area contributed by atoms with Crippen molar-refractivity contribution in [2.24, 2.45) is 11.8 Å². The summed E-state index contributed by atoms with van der Waals surface area (Å²) in [5, 5.41) is 7.24. The lowest BCUT2D eigenvalue weighted by atomic mass is 9.93. The van der Waals surface area contributed by atoms with Crippen LogP contribution in [0.1, 0.15) is 38.5 Å². The summed E-state index contributed by atoms with van der Waals surface area (Å²) in [4.78, 5) is 29.3. The summed E-state index contributed by atoms with van der Waals surface area (Å²) in [6.45, 7) is 5.04. The Kier molecular flexibility index (Phi) is 5.76. The highest BCUT2D eigenvalue weighted by molar-refractivity contribution is 5.81. The molecule has 0 aromatic carbocycles. The van der Waals surface area contributed by atoms with E-state index in [1.807, 2.05) is 16.9 Å². The summed E-state index contributed by atoms with van der Waals surface area (Å²) in [7, 11) is 0. The summed E-state index contributed by atoms with van der Waals surface area (Å²) in [6.07, 6.45) is 9.99. The van der Waals surface area contributed by atoms with Gasteiger partial charge in [-0.05, 0) is 51.1 Å². The van der Waals surface area contributed by atoms with Crippen molar-refractivity contribution >= 4 is 11.8 Å². The van der Waals surface area contributed by atoms with Crippen LogP contribution in [-0.4, -0.2) is 70.2 Å². The summed E-state index contributed by atoms with van der Waals surface area (Å²) in [5.74, 6) is 0.962. The molecule has 1 aliphatic carbocycles. The molecule has 0 radical (unpaired) electrons. The van der Waals surface area contributed by atoms with E-state index in [-0.39, 0.29) is 11.8 Å². The number of amides is 2. The smallest absolute Gasteiger partial charge is 0.225 e. The standard InChI is InChI=1S/C20H31N5O2/c26-19(21-9-14-25-11-2-8-22-25)17-3-1-10-24(15-17)18-6-12-23(13-7-18)20(27)16-4-5-16/h2,8,11,16-18H,1,3-7,9-10,12-15H2,(H,21,26)/t17-/m0/s1. The van der Waals surface area contributed by atoms with Gasteiger partial charge >= 0.3 is 0 Å². The molecule has 4 rings (SSSR count). The molecule has 148 valence electrons. The van der Waals surface area contributed by atoms with Gasteiger partial charge in [-0.15, -0.1) is 0 Å². The third-order valence-corrected chi connectivity index (χ3v) is 6.24. The second kappa shape index (κ2) is 8.42. The van der Waals surface area contributed by atoms with E-state index in [1.165, 1.54) is 0 Å². The van der Waals surface area contributed by atoms with Gasteiger partial charge in [-0.3, -0.25) is 19.2 Å². The number of aromatic nitrogens is 2. The topological polar surface area (TPSA) is 70.5 Å². The van der Waals surface area contributed by atoms with E-state index in [4.69, 9.17) is 0 Å². The molecule has 7 heteroatoms. The number of likely N-dealkylation sites (tertiary alicyclic amines) is 2. The van der Waals surface area contributed by atoms with Crippen LogP contribution >= 0.6 is 0 Å². The third kappa shape index (κ3) is 4.69. The minimum absolute atomic E-state index is 0.0856. The number of piperidine rings is 2. The molecule has 0 unspecified atom stereocenters. The highest BCUT2D eigenvalue weighted by Crippen LogP contribution is 2.32. The molecule has 3 aliphatic rings. The van der Waals surface area contributed by atoms with Crippen LogP contribution in [0.15, 0.2) is 18.5 Å². The Morgan fingerprint density at radius 2 is 1.85 bits per heavy atom. The molecule has 3 fully saturated rings. The van der Waals surface area contributed by atoms with Crippen molar-refractivity contribution in [3.05, 3.63) is 18.5 Å². The average Bonchev–Trinajstić information content (AvgIpc) is 3.44. The minimum Gasteiger partial charge on any atom is -0.354 e.